The Balaban J connectivity index is 2.45. The molecule has 2 amide bonds. The second-order valence-corrected chi connectivity index (χ2v) is 3.98. The van der Waals surface area contributed by atoms with E-state index in [4.69, 9.17) is 0 Å². The number of thioether (sulfide) groups is 1. The highest BCUT2D eigenvalue weighted by Crippen LogP contribution is 2.18. The van der Waals surface area contributed by atoms with Crippen LogP contribution in [0.5, 0.6) is 0 Å². The lowest BCUT2D eigenvalue weighted by atomic mass is 10.3. The largest absolute Gasteiger partial charge is 0.288 e. The van der Waals surface area contributed by atoms with Crippen LogP contribution in [0, 0.1) is 0 Å². The summed E-state index contributed by atoms with van der Waals surface area (Å²) in [4.78, 5) is 23.7. The molecular weight excluding hydrogens is 194 g/mol. The van der Waals surface area contributed by atoms with E-state index in [1.807, 2.05) is 0 Å². The van der Waals surface area contributed by atoms with Gasteiger partial charge in [-0.25, -0.2) is 0 Å². The number of rotatable bonds is 3. The monoisotopic (exact) mass is 205 g/mol. The van der Waals surface area contributed by atoms with Gasteiger partial charge in [-0.15, -0.1) is 0 Å². The molecule has 0 aromatic heterocycles. The van der Waals surface area contributed by atoms with Crippen molar-refractivity contribution in [3.8, 4) is 0 Å². The zero-order chi connectivity index (χ0) is 8.97. The van der Waals surface area contributed by atoms with Crippen molar-refractivity contribution in [1.29, 1.82) is 0 Å². The van der Waals surface area contributed by atoms with Gasteiger partial charge in [0.2, 0.25) is 5.91 Å². The van der Waals surface area contributed by atoms with Gasteiger partial charge in [-0.2, -0.15) is 12.6 Å². The van der Waals surface area contributed by atoms with E-state index in [2.05, 4.69) is 12.6 Å². The molecule has 3 nitrogen and oxygen atoms in total. The Morgan fingerprint density at radius 2 is 2.25 bits per heavy atom. The summed E-state index contributed by atoms with van der Waals surface area (Å²) in [6.45, 7) is 0.522. The average Bonchev–Trinajstić information content (AvgIpc) is 2.04. The Bertz CT molecular complexity index is 180. The predicted molar refractivity (Wildman–Crippen MR) is 52.7 cm³/mol. The first-order valence-electron chi connectivity index (χ1n) is 3.83. The van der Waals surface area contributed by atoms with E-state index in [0.717, 1.165) is 6.42 Å². The lowest BCUT2D eigenvalue weighted by molar-refractivity contribution is -0.127. The molecule has 1 saturated heterocycles. The third-order valence-corrected chi connectivity index (χ3v) is 2.79. The molecule has 0 saturated carbocycles. The zero-order valence-corrected chi connectivity index (χ0v) is 8.37. The minimum absolute atomic E-state index is 0.0412. The van der Waals surface area contributed by atoms with Crippen molar-refractivity contribution in [3.05, 3.63) is 0 Å². The first-order chi connectivity index (χ1) is 5.75. The molecule has 68 valence electrons. The molecule has 5 heteroatoms. The van der Waals surface area contributed by atoms with Gasteiger partial charge < -0.3 is 0 Å². The molecule has 0 radical (unpaired) electrons. The Kier molecular flexibility index (Phi) is 3.94. The van der Waals surface area contributed by atoms with E-state index in [1.54, 1.807) is 0 Å². The SMILES string of the molecule is O=C1CCSC(=O)N1CCCS. The fourth-order valence-corrected chi connectivity index (χ4v) is 1.93. The first kappa shape index (κ1) is 9.92. The van der Waals surface area contributed by atoms with Crippen LogP contribution < -0.4 is 0 Å². The molecule has 1 aliphatic heterocycles. The molecule has 0 atom stereocenters. The molecule has 1 rings (SSSR count). The second-order valence-electron chi connectivity index (χ2n) is 2.49. The average molecular weight is 205 g/mol. The molecule has 0 N–H and O–H groups in total. The van der Waals surface area contributed by atoms with Crippen molar-refractivity contribution in [2.45, 2.75) is 12.8 Å². The van der Waals surface area contributed by atoms with Crippen LogP contribution in [-0.2, 0) is 4.79 Å². The van der Waals surface area contributed by atoms with Crippen molar-refractivity contribution in [3.63, 3.8) is 0 Å². The van der Waals surface area contributed by atoms with E-state index in [0.29, 0.717) is 24.5 Å². The summed E-state index contributed by atoms with van der Waals surface area (Å²) < 4.78 is 0. The lowest BCUT2D eigenvalue weighted by Gasteiger charge is -2.23. The summed E-state index contributed by atoms with van der Waals surface area (Å²) in [6, 6.07) is 0. The van der Waals surface area contributed by atoms with E-state index < -0.39 is 0 Å². The van der Waals surface area contributed by atoms with Crippen LogP contribution in [0.15, 0.2) is 0 Å². The third kappa shape index (κ3) is 2.42. The van der Waals surface area contributed by atoms with Crippen LogP contribution >= 0.6 is 24.4 Å². The molecular formula is C7H11NO2S2. The lowest BCUT2D eigenvalue weighted by Crippen LogP contribution is -2.38. The Morgan fingerprint density at radius 1 is 1.50 bits per heavy atom. The highest BCUT2D eigenvalue weighted by atomic mass is 32.2. The fourth-order valence-electron chi connectivity index (χ4n) is 0.985. The number of imide groups is 1. The molecule has 1 heterocycles. The van der Waals surface area contributed by atoms with Gasteiger partial charge in [-0.1, -0.05) is 11.8 Å². The number of hydrogen-bond acceptors (Lipinski definition) is 4. The van der Waals surface area contributed by atoms with Crippen molar-refractivity contribution in [2.24, 2.45) is 0 Å². The maximum absolute atomic E-state index is 11.2. The van der Waals surface area contributed by atoms with Crippen LogP contribution in [0.2, 0.25) is 0 Å². The van der Waals surface area contributed by atoms with E-state index in [1.165, 1.54) is 16.7 Å². The smallest absolute Gasteiger partial charge is 0.274 e. The molecule has 0 aromatic carbocycles. The molecule has 1 fully saturated rings. The Labute approximate surface area is 81.3 Å². The van der Waals surface area contributed by atoms with Crippen molar-refractivity contribution in [2.75, 3.05) is 18.1 Å². The van der Waals surface area contributed by atoms with Crippen LogP contribution in [0.25, 0.3) is 0 Å². The molecule has 0 spiro atoms. The van der Waals surface area contributed by atoms with Gasteiger partial charge in [-0.3, -0.25) is 14.5 Å². The van der Waals surface area contributed by atoms with Crippen LogP contribution in [0.1, 0.15) is 12.8 Å². The van der Waals surface area contributed by atoms with Gasteiger partial charge in [0.05, 0.1) is 0 Å². The molecule has 0 unspecified atom stereocenters. The van der Waals surface area contributed by atoms with Gasteiger partial charge in [0, 0.05) is 18.7 Å². The minimum Gasteiger partial charge on any atom is -0.274 e. The Hall–Kier alpha value is -0.160. The quantitative estimate of drug-likeness (QED) is 0.707. The van der Waals surface area contributed by atoms with Gasteiger partial charge >= 0.3 is 0 Å². The molecule has 0 aliphatic carbocycles. The van der Waals surface area contributed by atoms with Crippen molar-refractivity contribution < 1.29 is 9.59 Å². The van der Waals surface area contributed by atoms with Crippen LogP contribution in [0.3, 0.4) is 0 Å². The number of carbonyl (C=O) groups excluding carboxylic acids is 2. The fraction of sp³-hybridized carbons (Fsp3) is 0.714. The van der Waals surface area contributed by atoms with Gasteiger partial charge in [0.1, 0.15) is 0 Å². The number of thiol groups is 1. The molecule has 0 aromatic rings. The summed E-state index contributed by atoms with van der Waals surface area (Å²) in [5.74, 6) is 1.30. The summed E-state index contributed by atoms with van der Waals surface area (Å²) in [5.41, 5.74) is 0. The number of hydrogen-bond donors (Lipinski definition) is 1. The van der Waals surface area contributed by atoms with Crippen LogP contribution in [-0.4, -0.2) is 34.1 Å². The van der Waals surface area contributed by atoms with Crippen molar-refractivity contribution in [1.82, 2.24) is 4.90 Å². The minimum atomic E-state index is -0.104. The number of carbonyl (C=O) groups is 2. The summed E-state index contributed by atoms with van der Waals surface area (Å²) >= 11 is 5.24. The highest BCUT2D eigenvalue weighted by Gasteiger charge is 2.25. The van der Waals surface area contributed by atoms with E-state index >= 15 is 0 Å². The topological polar surface area (TPSA) is 37.4 Å². The molecule has 0 bridgehead atoms. The Morgan fingerprint density at radius 3 is 2.83 bits per heavy atom. The standard InChI is InChI=1S/C7H11NO2S2/c9-6-2-5-12-7(10)8(6)3-1-4-11/h11H,1-5H2. The maximum atomic E-state index is 11.2. The zero-order valence-electron chi connectivity index (χ0n) is 6.65. The molecule has 12 heavy (non-hydrogen) atoms. The van der Waals surface area contributed by atoms with Crippen LogP contribution in [0.4, 0.5) is 4.79 Å². The number of amides is 2. The summed E-state index contributed by atoms with van der Waals surface area (Å²) in [7, 11) is 0. The maximum Gasteiger partial charge on any atom is 0.288 e. The van der Waals surface area contributed by atoms with Gasteiger partial charge in [-0.05, 0) is 12.2 Å². The molecule has 1 aliphatic rings. The second kappa shape index (κ2) is 4.77. The number of nitrogens with zero attached hydrogens (tertiary/aromatic N) is 1. The van der Waals surface area contributed by atoms with E-state index in [-0.39, 0.29) is 11.1 Å². The van der Waals surface area contributed by atoms with Gasteiger partial charge in [0.25, 0.3) is 5.24 Å². The third-order valence-electron chi connectivity index (χ3n) is 1.60. The normalized spacial score (nSPS) is 18.6. The summed E-state index contributed by atoms with van der Waals surface area (Å²) in [5, 5.41) is -0.104. The first-order valence-corrected chi connectivity index (χ1v) is 5.45. The highest BCUT2D eigenvalue weighted by molar-refractivity contribution is 8.13. The van der Waals surface area contributed by atoms with Gasteiger partial charge in [0.15, 0.2) is 0 Å². The van der Waals surface area contributed by atoms with E-state index in [9.17, 15) is 9.59 Å². The van der Waals surface area contributed by atoms with Crippen molar-refractivity contribution >= 4 is 35.5 Å². The summed E-state index contributed by atoms with van der Waals surface area (Å²) in [6.07, 6.45) is 1.27. The predicted octanol–water partition coefficient (Wildman–Crippen LogP) is 1.39.